The number of ether oxygens (including phenoxy) is 1. The molecule has 1 aromatic rings. The van der Waals surface area contributed by atoms with E-state index < -0.39 is 5.60 Å². The number of hydrogen-bond acceptors (Lipinski definition) is 3. The maximum Gasteiger partial charge on any atom is 0.251 e. The summed E-state index contributed by atoms with van der Waals surface area (Å²) in [5, 5.41) is 7.03. The van der Waals surface area contributed by atoms with Gasteiger partial charge in [-0.25, -0.2) is 0 Å². The van der Waals surface area contributed by atoms with Crippen LogP contribution in [-0.4, -0.2) is 34.4 Å². The summed E-state index contributed by atoms with van der Waals surface area (Å²) in [7, 11) is 0. The SMILES string of the molecule is C[C@]1(C(=O)NCCCn2cccn2)CCCO1. The topological polar surface area (TPSA) is 56.2 Å². The van der Waals surface area contributed by atoms with Crippen LogP contribution >= 0.6 is 0 Å². The van der Waals surface area contributed by atoms with Crippen LogP contribution in [0, 0.1) is 0 Å². The first-order chi connectivity index (χ1) is 8.21. The molecule has 0 aromatic carbocycles. The summed E-state index contributed by atoms with van der Waals surface area (Å²) in [4.78, 5) is 11.9. The van der Waals surface area contributed by atoms with Gasteiger partial charge in [-0.15, -0.1) is 0 Å². The Hall–Kier alpha value is -1.36. The Morgan fingerprint density at radius 3 is 3.18 bits per heavy atom. The Morgan fingerprint density at radius 2 is 2.53 bits per heavy atom. The van der Waals surface area contributed by atoms with Crippen molar-refractivity contribution in [2.24, 2.45) is 0 Å². The van der Waals surface area contributed by atoms with Gasteiger partial charge in [0.1, 0.15) is 5.60 Å². The third-order valence-corrected chi connectivity index (χ3v) is 3.11. The van der Waals surface area contributed by atoms with Crippen LogP contribution in [0.1, 0.15) is 26.2 Å². The highest BCUT2D eigenvalue weighted by molar-refractivity contribution is 5.84. The van der Waals surface area contributed by atoms with Crippen LogP contribution in [0.3, 0.4) is 0 Å². The quantitative estimate of drug-likeness (QED) is 0.776. The van der Waals surface area contributed by atoms with Crippen molar-refractivity contribution in [2.45, 2.75) is 38.3 Å². The lowest BCUT2D eigenvalue weighted by atomic mass is 10.0. The predicted molar refractivity (Wildman–Crippen MR) is 63.4 cm³/mol. The zero-order valence-corrected chi connectivity index (χ0v) is 10.2. The number of rotatable bonds is 5. The molecule has 1 aliphatic heterocycles. The molecule has 0 saturated carbocycles. The van der Waals surface area contributed by atoms with Crippen molar-refractivity contribution in [1.82, 2.24) is 15.1 Å². The van der Waals surface area contributed by atoms with E-state index in [0.717, 1.165) is 25.8 Å². The van der Waals surface area contributed by atoms with Crippen molar-refractivity contribution in [2.75, 3.05) is 13.2 Å². The molecule has 0 radical (unpaired) electrons. The lowest BCUT2D eigenvalue weighted by molar-refractivity contribution is -0.139. The van der Waals surface area contributed by atoms with Gasteiger partial charge >= 0.3 is 0 Å². The van der Waals surface area contributed by atoms with Gasteiger partial charge in [0.15, 0.2) is 0 Å². The van der Waals surface area contributed by atoms with Crippen molar-refractivity contribution in [1.29, 1.82) is 0 Å². The summed E-state index contributed by atoms with van der Waals surface area (Å²) in [5.41, 5.74) is -0.605. The summed E-state index contributed by atoms with van der Waals surface area (Å²) in [6.07, 6.45) is 6.34. The molecule has 1 aromatic heterocycles. The molecule has 2 heterocycles. The summed E-state index contributed by atoms with van der Waals surface area (Å²) >= 11 is 0. The maximum atomic E-state index is 11.9. The first-order valence-electron chi connectivity index (χ1n) is 6.10. The van der Waals surface area contributed by atoms with Gasteiger partial charge in [-0.2, -0.15) is 5.10 Å². The number of carbonyl (C=O) groups is 1. The summed E-state index contributed by atoms with van der Waals surface area (Å²) < 4.78 is 7.34. The van der Waals surface area contributed by atoms with E-state index in [-0.39, 0.29) is 5.91 Å². The Bertz CT molecular complexity index is 356. The molecule has 0 unspecified atom stereocenters. The van der Waals surface area contributed by atoms with Crippen LogP contribution in [0.15, 0.2) is 18.5 Å². The number of amides is 1. The second-order valence-electron chi connectivity index (χ2n) is 4.56. The minimum absolute atomic E-state index is 0.00969. The lowest BCUT2D eigenvalue weighted by Crippen LogP contribution is -2.44. The normalized spacial score (nSPS) is 23.8. The van der Waals surface area contributed by atoms with Crippen molar-refractivity contribution in [3.63, 3.8) is 0 Å². The van der Waals surface area contributed by atoms with E-state index in [0.29, 0.717) is 13.2 Å². The highest BCUT2D eigenvalue weighted by Crippen LogP contribution is 2.24. The van der Waals surface area contributed by atoms with E-state index in [9.17, 15) is 4.79 Å². The van der Waals surface area contributed by atoms with Crippen LogP contribution in [0.25, 0.3) is 0 Å². The number of nitrogens with zero attached hydrogens (tertiary/aromatic N) is 2. The fraction of sp³-hybridized carbons (Fsp3) is 0.667. The third kappa shape index (κ3) is 3.06. The predicted octanol–water partition coefficient (Wildman–Crippen LogP) is 0.958. The average Bonchev–Trinajstić information content (AvgIpc) is 2.96. The molecule has 0 spiro atoms. The largest absolute Gasteiger partial charge is 0.365 e. The molecule has 1 aliphatic rings. The van der Waals surface area contributed by atoms with Gasteiger partial charge in [0, 0.05) is 32.1 Å². The minimum Gasteiger partial charge on any atom is -0.365 e. The monoisotopic (exact) mass is 237 g/mol. The zero-order valence-electron chi connectivity index (χ0n) is 10.2. The van der Waals surface area contributed by atoms with E-state index in [1.165, 1.54) is 0 Å². The van der Waals surface area contributed by atoms with Gasteiger partial charge in [0.25, 0.3) is 5.91 Å². The fourth-order valence-corrected chi connectivity index (χ4v) is 2.02. The van der Waals surface area contributed by atoms with Gasteiger partial charge in [-0.05, 0) is 32.3 Å². The number of aromatic nitrogens is 2. The number of nitrogens with one attached hydrogen (secondary N) is 1. The molecule has 5 heteroatoms. The smallest absolute Gasteiger partial charge is 0.251 e. The maximum absolute atomic E-state index is 11.9. The molecule has 0 bridgehead atoms. The molecule has 1 N–H and O–H groups in total. The molecular weight excluding hydrogens is 218 g/mol. The Kier molecular flexibility index (Phi) is 3.78. The highest BCUT2D eigenvalue weighted by Gasteiger charge is 2.37. The first kappa shape index (κ1) is 12.1. The van der Waals surface area contributed by atoms with Crippen molar-refractivity contribution in [3.05, 3.63) is 18.5 Å². The number of aryl methyl sites for hydroxylation is 1. The first-order valence-corrected chi connectivity index (χ1v) is 6.10. The molecular formula is C12H19N3O2. The van der Waals surface area contributed by atoms with E-state index in [1.807, 2.05) is 23.9 Å². The third-order valence-electron chi connectivity index (χ3n) is 3.11. The van der Waals surface area contributed by atoms with Crippen LogP contribution in [-0.2, 0) is 16.1 Å². The minimum atomic E-state index is -0.605. The zero-order chi connectivity index (χ0) is 12.1. The molecule has 0 aliphatic carbocycles. The summed E-state index contributed by atoms with van der Waals surface area (Å²) in [6, 6.07) is 1.89. The van der Waals surface area contributed by atoms with Crippen molar-refractivity contribution in [3.8, 4) is 0 Å². The lowest BCUT2D eigenvalue weighted by Gasteiger charge is -2.21. The van der Waals surface area contributed by atoms with Crippen molar-refractivity contribution < 1.29 is 9.53 Å². The van der Waals surface area contributed by atoms with Crippen LogP contribution in [0.5, 0.6) is 0 Å². The van der Waals surface area contributed by atoms with E-state index >= 15 is 0 Å². The number of carbonyl (C=O) groups excluding carboxylic acids is 1. The second-order valence-corrected chi connectivity index (χ2v) is 4.56. The second kappa shape index (κ2) is 5.31. The van der Waals surface area contributed by atoms with Gasteiger partial charge < -0.3 is 10.1 Å². The van der Waals surface area contributed by atoms with Crippen molar-refractivity contribution >= 4 is 5.91 Å². The van der Waals surface area contributed by atoms with E-state index in [2.05, 4.69) is 10.4 Å². The van der Waals surface area contributed by atoms with Crippen LogP contribution in [0.2, 0.25) is 0 Å². The number of hydrogen-bond donors (Lipinski definition) is 1. The molecule has 5 nitrogen and oxygen atoms in total. The molecule has 2 rings (SSSR count). The van der Waals surface area contributed by atoms with Gasteiger partial charge in [-0.3, -0.25) is 9.48 Å². The van der Waals surface area contributed by atoms with E-state index in [4.69, 9.17) is 4.74 Å². The average molecular weight is 237 g/mol. The highest BCUT2D eigenvalue weighted by atomic mass is 16.5. The molecule has 1 amide bonds. The van der Waals surface area contributed by atoms with Crippen LogP contribution in [0.4, 0.5) is 0 Å². The van der Waals surface area contributed by atoms with Gasteiger partial charge in [0.05, 0.1) is 0 Å². The molecule has 1 saturated heterocycles. The Balaban J connectivity index is 1.66. The molecule has 1 atom stereocenters. The molecule has 17 heavy (non-hydrogen) atoms. The van der Waals surface area contributed by atoms with Crippen LogP contribution < -0.4 is 5.32 Å². The fourth-order valence-electron chi connectivity index (χ4n) is 2.02. The van der Waals surface area contributed by atoms with Gasteiger partial charge in [-0.1, -0.05) is 0 Å². The summed E-state index contributed by atoms with van der Waals surface area (Å²) in [5.74, 6) is 0.00969. The summed E-state index contributed by atoms with van der Waals surface area (Å²) in [6.45, 7) is 4.04. The Labute approximate surface area is 101 Å². The van der Waals surface area contributed by atoms with Gasteiger partial charge in [0.2, 0.25) is 0 Å². The Morgan fingerprint density at radius 1 is 1.65 bits per heavy atom. The van der Waals surface area contributed by atoms with E-state index in [1.54, 1.807) is 6.20 Å². The molecule has 1 fully saturated rings. The molecule has 94 valence electrons. The standard InChI is InChI=1S/C12H19N3O2/c1-12(5-2-10-17-12)11(16)13-6-3-8-15-9-4-7-14-15/h4,7,9H,2-3,5-6,8,10H2,1H3,(H,13,16)/t12-/m1/s1.